The van der Waals surface area contributed by atoms with Crippen molar-refractivity contribution in [3.63, 3.8) is 0 Å². The molecule has 1 aromatic carbocycles. The number of rotatable bonds is 8. The molecule has 0 aliphatic rings. The highest BCUT2D eigenvalue weighted by Gasteiger charge is 2.13. The maximum atomic E-state index is 12.5. The molecule has 0 bridgehead atoms. The number of benzene rings is 1. The molecule has 3 aromatic rings. The van der Waals surface area contributed by atoms with Crippen LogP contribution in [0.3, 0.4) is 0 Å². The minimum Gasteiger partial charge on any atom is -0.396 e. The Kier molecular flexibility index (Phi) is 6.51. The number of aliphatic hydroxyl groups is 1. The van der Waals surface area contributed by atoms with Crippen LogP contribution in [0.5, 0.6) is 0 Å². The van der Waals surface area contributed by atoms with Gasteiger partial charge in [0.2, 0.25) is 0 Å². The highest BCUT2D eigenvalue weighted by Crippen LogP contribution is 2.19. The Morgan fingerprint density at radius 1 is 1.22 bits per heavy atom. The van der Waals surface area contributed by atoms with Gasteiger partial charge in [-0.25, -0.2) is 0 Å². The minimum absolute atomic E-state index is 0.00770. The van der Waals surface area contributed by atoms with E-state index in [1.807, 2.05) is 35.7 Å². The van der Waals surface area contributed by atoms with Crippen LogP contribution in [0, 0.1) is 5.92 Å². The van der Waals surface area contributed by atoms with Crippen LogP contribution >= 0.6 is 11.3 Å². The van der Waals surface area contributed by atoms with E-state index in [-0.39, 0.29) is 18.4 Å². The smallest absolute Gasteiger partial charge is 0.251 e. The molecule has 7 heteroatoms. The van der Waals surface area contributed by atoms with E-state index < -0.39 is 0 Å². The lowest BCUT2D eigenvalue weighted by Gasteiger charge is -2.14. The number of hydrogen-bond acceptors (Lipinski definition) is 6. The van der Waals surface area contributed by atoms with Gasteiger partial charge in [0.25, 0.3) is 5.91 Å². The van der Waals surface area contributed by atoms with Crippen LogP contribution in [0.15, 0.2) is 53.2 Å². The fourth-order valence-electron chi connectivity index (χ4n) is 2.72. The van der Waals surface area contributed by atoms with Crippen LogP contribution in [-0.2, 0) is 6.42 Å². The molecule has 0 saturated heterocycles. The molecule has 0 aliphatic heterocycles. The van der Waals surface area contributed by atoms with Gasteiger partial charge < -0.3 is 15.7 Å². The fraction of sp³-hybridized carbons (Fsp3) is 0.250. The SMILES string of the molecule is CNc1ccc(-c2cccc(C(=O)NC[C@@H](CO)Cc3ccsc3)c2)nn1. The van der Waals surface area contributed by atoms with E-state index in [1.165, 1.54) is 5.56 Å². The van der Waals surface area contributed by atoms with Gasteiger partial charge in [0.1, 0.15) is 5.82 Å². The van der Waals surface area contributed by atoms with E-state index in [0.717, 1.165) is 12.0 Å². The van der Waals surface area contributed by atoms with Crippen molar-refractivity contribution < 1.29 is 9.90 Å². The van der Waals surface area contributed by atoms with Crippen LogP contribution < -0.4 is 10.6 Å². The number of thiophene rings is 1. The zero-order valence-electron chi connectivity index (χ0n) is 15.1. The summed E-state index contributed by atoms with van der Waals surface area (Å²) in [4.78, 5) is 12.5. The standard InChI is InChI=1S/C20H22N4O2S/c1-21-19-6-5-18(23-24-19)16-3-2-4-17(10-16)20(26)22-11-15(12-25)9-14-7-8-27-13-14/h2-8,10,13,15,25H,9,11-12H2,1H3,(H,21,24)(H,22,26)/t15-/m0/s1. The van der Waals surface area contributed by atoms with Crippen molar-refractivity contribution >= 4 is 23.1 Å². The van der Waals surface area contributed by atoms with E-state index in [1.54, 1.807) is 30.5 Å². The number of anilines is 1. The van der Waals surface area contributed by atoms with E-state index in [9.17, 15) is 9.90 Å². The average Bonchev–Trinajstić information content (AvgIpc) is 3.24. The Balaban J connectivity index is 1.64. The summed E-state index contributed by atoms with van der Waals surface area (Å²) in [7, 11) is 1.78. The van der Waals surface area contributed by atoms with Crippen molar-refractivity contribution in [2.24, 2.45) is 5.92 Å². The third-order valence-electron chi connectivity index (χ3n) is 4.26. The van der Waals surface area contributed by atoms with Crippen LogP contribution in [0.25, 0.3) is 11.3 Å². The second-order valence-electron chi connectivity index (χ2n) is 6.23. The Hall–Kier alpha value is -2.77. The van der Waals surface area contributed by atoms with Gasteiger partial charge in [-0.3, -0.25) is 4.79 Å². The molecule has 0 unspecified atom stereocenters. The Labute approximate surface area is 162 Å². The zero-order valence-corrected chi connectivity index (χ0v) is 15.9. The van der Waals surface area contributed by atoms with Gasteiger partial charge in [-0.2, -0.15) is 11.3 Å². The van der Waals surface area contributed by atoms with Crippen LogP contribution in [0.1, 0.15) is 15.9 Å². The minimum atomic E-state index is -0.166. The van der Waals surface area contributed by atoms with Crippen molar-refractivity contribution in [3.8, 4) is 11.3 Å². The van der Waals surface area contributed by atoms with Crippen molar-refractivity contribution in [3.05, 3.63) is 64.4 Å². The van der Waals surface area contributed by atoms with Gasteiger partial charge in [0.15, 0.2) is 0 Å². The normalized spacial score (nSPS) is 11.8. The average molecular weight is 382 g/mol. The van der Waals surface area contributed by atoms with Gasteiger partial charge in [-0.05, 0) is 53.1 Å². The third-order valence-corrected chi connectivity index (χ3v) is 4.99. The monoisotopic (exact) mass is 382 g/mol. The Morgan fingerprint density at radius 3 is 2.78 bits per heavy atom. The molecule has 6 nitrogen and oxygen atoms in total. The summed E-state index contributed by atoms with van der Waals surface area (Å²) >= 11 is 1.63. The number of carbonyl (C=O) groups is 1. The predicted molar refractivity (Wildman–Crippen MR) is 108 cm³/mol. The summed E-state index contributed by atoms with van der Waals surface area (Å²) in [6, 6.07) is 13.0. The molecule has 140 valence electrons. The van der Waals surface area contributed by atoms with E-state index >= 15 is 0 Å². The molecule has 1 atom stereocenters. The van der Waals surface area contributed by atoms with Crippen molar-refractivity contribution in [2.45, 2.75) is 6.42 Å². The highest BCUT2D eigenvalue weighted by molar-refractivity contribution is 7.07. The third kappa shape index (κ3) is 5.12. The first-order valence-electron chi connectivity index (χ1n) is 8.71. The maximum Gasteiger partial charge on any atom is 0.251 e. The summed E-state index contributed by atoms with van der Waals surface area (Å²) in [6.07, 6.45) is 0.744. The lowest BCUT2D eigenvalue weighted by Crippen LogP contribution is -2.31. The van der Waals surface area contributed by atoms with Crippen LogP contribution in [0.4, 0.5) is 5.82 Å². The number of amides is 1. The summed E-state index contributed by atoms with van der Waals surface area (Å²) in [6.45, 7) is 0.454. The fourth-order valence-corrected chi connectivity index (χ4v) is 3.40. The molecule has 0 saturated carbocycles. The van der Waals surface area contributed by atoms with Crippen LogP contribution in [-0.4, -0.2) is 41.4 Å². The van der Waals surface area contributed by atoms with Gasteiger partial charge >= 0.3 is 0 Å². The lowest BCUT2D eigenvalue weighted by molar-refractivity contribution is 0.0940. The van der Waals surface area contributed by atoms with Gasteiger partial charge in [-0.15, -0.1) is 10.2 Å². The molecule has 0 radical (unpaired) electrons. The van der Waals surface area contributed by atoms with Crippen LogP contribution in [0.2, 0.25) is 0 Å². The summed E-state index contributed by atoms with van der Waals surface area (Å²) < 4.78 is 0. The Morgan fingerprint density at radius 2 is 2.11 bits per heavy atom. The quantitative estimate of drug-likeness (QED) is 0.558. The second kappa shape index (κ2) is 9.25. The lowest BCUT2D eigenvalue weighted by atomic mass is 10.0. The number of aliphatic hydroxyl groups excluding tert-OH is 1. The number of nitrogens with one attached hydrogen (secondary N) is 2. The van der Waals surface area contributed by atoms with E-state index in [4.69, 9.17) is 0 Å². The number of nitrogens with zero attached hydrogens (tertiary/aromatic N) is 2. The highest BCUT2D eigenvalue weighted by atomic mass is 32.1. The first kappa shape index (κ1) is 19.0. The molecule has 1 amide bonds. The molecule has 2 aromatic heterocycles. The maximum absolute atomic E-state index is 12.5. The number of hydrogen-bond donors (Lipinski definition) is 3. The first-order valence-corrected chi connectivity index (χ1v) is 9.66. The molecule has 0 fully saturated rings. The number of aromatic nitrogens is 2. The molecule has 0 spiro atoms. The Bertz CT molecular complexity index is 866. The van der Waals surface area contributed by atoms with Crippen molar-refractivity contribution in [1.82, 2.24) is 15.5 Å². The summed E-state index contributed by atoms with van der Waals surface area (Å²) in [5.41, 5.74) is 3.27. The molecular weight excluding hydrogens is 360 g/mol. The zero-order chi connectivity index (χ0) is 19.1. The summed E-state index contributed by atoms with van der Waals surface area (Å²) in [5, 5.41) is 27.7. The van der Waals surface area contributed by atoms with Gasteiger partial charge in [0.05, 0.1) is 5.69 Å². The molecule has 0 aliphatic carbocycles. The topological polar surface area (TPSA) is 87.1 Å². The van der Waals surface area contributed by atoms with E-state index in [0.29, 0.717) is 23.6 Å². The number of carbonyl (C=O) groups excluding carboxylic acids is 1. The van der Waals surface area contributed by atoms with Gasteiger partial charge in [0, 0.05) is 37.2 Å². The van der Waals surface area contributed by atoms with Crippen molar-refractivity contribution in [2.75, 3.05) is 25.5 Å². The second-order valence-corrected chi connectivity index (χ2v) is 7.01. The van der Waals surface area contributed by atoms with E-state index in [2.05, 4.69) is 26.2 Å². The molecule has 27 heavy (non-hydrogen) atoms. The molecular formula is C20H22N4O2S. The van der Waals surface area contributed by atoms with Crippen molar-refractivity contribution in [1.29, 1.82) is 0 Å². The van der Waals surface area contributed by atoms with Gasteiger partial charge in [-0.1, -0.05) is 12.1 Å². The predicted octanol–water partition coefficient (Wildman–Crippen LogP) is 2.83. The summed E-state index contributed by atoms with van der Waals surface area (Å²) in [5.74, 6) is 0.514. The molecule has 3 rings (SSSR count). The molecule has 2 heterocycles. The molecule has 3 N–H and O–H groups in total. The first-order chi connectivity index (χ1) is 13.2. The largest absolute Gasteiger partial charge is 0.396 e.